The third-order valence-electron chi connectivity index (χ3n) is 3.60. The van der Waals surface area contributed by atoms with Crippen LogP contribution in [0.5, 0.6) is 0 Å². The summed E-state index contributed by atoms with van der Waals surface area (Å²) in [6.07, 6.45) is 3.69. The summed E-state index contributed by atoms with van der Waals surface area (Å²) in [5.41, 5.74) is 0.161. The van der Waals surface area contributed by atoms with Gasteiger partial charge in [-0.1, -0.05) is 20.3 Å². The first-order valence-electron chi connectivity index (χ1n) is 6.70. The minimum absolute atomic E-state index is 0.0974. The molecule has 1 amide bonds. The van der Waals surface area contributed by atoms with Gasteiger partial charge in [0.25, 0.3) is 0 Å². The van der Waals surface area contributed by atoms with Crippen molar-refractivity contribution in [3.8, 4) is 0 Å². The van der Waals surface area contributed by atoms with Gasteiger partial charge in [0.15, 0.2) is 0 Å². The first-order chi connectivity index (χ1) is 7.62. The fraction of sp³-hybridized carbons (Fsp3) is 0.929. The van der Waals surface area contributed by atoms with Crippen LogP contribution < -0.4 is 10.6 Å². The Morgan fingerprint density at radius 3 is 2.35 bits per heavy atom. The molecule has 0 aromatic carbocycles. The normalized spacial score (nSPS) is 25.6. The van der Waals surface area contributed by atoms with Crippen LogP contribution in [0.2, 0.25) is 0 Å². The molecule has 0 aromatic heterocycles. The zero-order valence-electron chi connectivity index (χ0n) is 12.2. The summed E-state index contributed by atoms with van der Waals surface area (Å²) < 4.78 is 0. The van der Waals surface area contributed by atoms with E-state index in [1.54, 1.807) is 0 Å². The van der Waals surface area contributed by atoms with Gasteiger partial charge in [-0.25, -0.2) is 0 Å². The van der Waals surface area contributed by atoms with E-state index in [4.69, 9.17) is 0 Å². The first kappa shape index (κ1) is 14.5. The molecule has 0 spiro atoms. The van der Waals surface area contributed by atoms with E-state index in [1.165, 1.54) is 19.3 Å². The van der Waals surface area contributed by atoms with E-state index >= 15 is 0 Å². The number of carbonyl (C=O) groups is 1. The van der Waals surface area contributed by atoms with Crippen LogP contribution in [0.1, 0.15) is 60.8 Å². The highest BCUT2D eigenvalue weighted by molar-refractivity contribution is 5.81. The second-order valence-corrected chi connectivity index (χ2v) is 7.06. The Kier molecular flexibility index (Phi) is 4.23. The third-order valence-corrected chi connectivity index (χ3v) is 3.60. The number of nitrogens with one attached hydrogen (secondary N) is 2. The molecule has 3 nitrogen and oxygen atoms in total. The van der Waals surface area contributed by atoms with E-state index in [0.717, 1.165) is 0 Å². The minimum atomic E-state index is -0.155. The number of hydrogen-bond donors (Lipinski definition) is 2. The molecule has 1 aliphatic carbocycles. The van der Waals surface area contributed by atoms with E-state index in [-0.39, 0.29) is 17.5 Å². The van der Waals surface area contributed by atoms with Crippen LogP contribution >= 0.6 is 0 Å². The Morgan fingerprint density at radius 1 is 1.35 bits per heavy atom. The summed E-state index contributed by atoms with van der Waals surface area (Å²) in [5, 5.41) is 6.50. The minimum Gasteiger partial charge on any atom is -0.350 e. The van der Waals surface area contributed by atoms with Crippen molar-refractivity contribution >= 4 is 5.91 Å². The van der Waals surface area contributed by atoms with Gasteiger partial charge < -0.3 is 10.6 Å². The third kappa shape index (κ3) is 4.30. The van der Waals surface area contributed by atoms with E-state index in [1.807, 2.05) is 27.7 Å². The molecule has 0 saturated heterocycles. The summed E-state index contributed by atoms with van der Waals surface area (Å²) in [6, 6.07) is 0.347. The van der Waals surface area contributed by atoms with Gasteiger partial charge in [-0.2, -0.15) is 0 Å². The zero-order chi connectivity index (χ0) is 13.3. The molecule has 1 fully saturated rings. The lowest BCUT2D eigenvalue weighted by Crippen LogP contribution is -2.53. The van der Waals surface area contributed by atoms with Crippen LogP contribution in [0.3, 0.4) is 0 Å². The molecule has 0 aromatic rings. The Bertz CT molecular complexity index is 278. The van der Waals surface area contributed by atoms with Gasteiger partial charge in [0.2, 0.25) is 5.91 Å². The van der Waals surface area contributed by atoms with Gasteiger partial charge in [-0.3, -0.25) is 4.79 Å². The lowest BCUT2D eigenvalue weighted by Gasteiger charge is -2.31. The number of amides is 1. The van der Waals surface area contributed by atoms with Crippen LogP contribution in [0.25, 0.3) is 0 Å². The summed E-state index contributed by atoms with van der Waals surface area (Å²) in [5.74, 6) is 0.0974. The van der Waals surface area contributed by atoms with Crippen LogP contribution in [-0.2, 0) is 4.79 Å². The maximum absolute atomic E-state index is 12.0. The molecule has 100 valence electrons. The average molecular weight is 240 g/mol. The van der Waals surface area contributed by atoms with Crippen LogP contribution in [0.4, 0.5) is 0 Å². The van der Waals surface area contributed by atoms with Crippen molar-refractivity contribution in [2.45, 2.75) is 78.4 Å². The summed E-state index contributed by atoms with van der Waals surface area (Å²) in [4.78, 5) is 12.0. The maximum Gasteiger partial charge on any atom is 0.237 e. The van der Waals surface area contributed by atoms with Gasteiger partial charge in [0.05, 0.1) is 6.04 Å². The van der Waals surface area contributed by atoms with E-state index < -0.39 is 0 Å². The fourth-order valence-electron chi connectivity index (χ4n) is 2.49. The van der Waals surface area contributed by atoms with Crippen molar-refractivity contribution in [1.29, 1.82) is 0 Å². The number of hydrogen-bond acceptors (Lipinski definition) is 2. The second-order valence-electron chi connectivity index (χ2n) is 7.06. The quantitative estimate of drug-likeness (QED) is 0.795. The van der Waals surface area contributed by atoms with Crippen molar-refractivity contribution in [3.63, 3.8) is 0 Å². The predicted octanol–water partition coefficient (Wildman–Crippen LogP) is 2.46. The topological polar surface area (TPSA) is 41.1 Å². The van der Waals surface area contributed by atoms with Crippen LogP contribution in [0, 0.1) is 5.41 Å². The van der Waals surface area contributed by atoms with Crippen LogP contribution in [0.15, 0.2) is 0 Å². The van der Waals surface area contributed by atoms with Gasteiger partial charge in [-0.05, 0) is 46.0 Å². The summed E-state index contributed by atoms with van der Waals surface area (Å²) >= 11 is 0. The molecular formula is C14H28N2O. The van der Waals surface area contributed by atoms with Gasteiger partial charge in [-0.15, -0.1) is 0 Å². The highest BCUT2D eigenvalue weighted by Gasteiger charge is 2.36. The fourth-order valence-corrected chi connectivity index (χ4v) is 2.49. The maximum atomic E-state index is 12.0. The highest BCUT2D eigenvalue weighted by atomic mass is 16.2. The Labute approximate surface area is 106 Å². The van der Waals surface area contributed by atoms with E-state index in [0.29, 0.717) is 11.5 Å². The van der Waals surface area contributed by atoms with Crippen molar-refractivity contribution in [1.82, 2.24) is 10.6 Å². The molecule has 2 unspecified atom stereocenters. The lowest BCUT2D eigenvalue weighted by atomic mass is 9.87. The second kappa shape index (κ2) is 4.97. The molecule has 0 radical (unpaired) electrons. The zero-order valence-corrected chi connectivity index (χ0v) is 12.2. The molecule has 3 heteroatoms. The van der Waals surface area contributed by atoms with Crippen molar-refractivity contribution in [2.24, 2.45) is 5.41 Å². The predicted molar refractivity (Wildman–Crippen MR) is 71.9 cm³/mol. The largest absolute Gasteiger partial charge is 0.350 e. The van der Waals surface area contributed by atoms with Crippen molar-refractivity contribution < 1.29 is 4.79 Å². The monoisotopic (exact) mass is 240 g/mol. The number of carbonyl (C=O) groups excluding carboxylic acids is 1. The SMILES string of the molecule is CC(NC1CCCC1(C)C)C(=O)NC(C)(C)C. The average Bonchev–Trinajstić information content (AvgIpc) is 2.43. The van der Waals surface area contributed by atoms with E-state index in [9.17, 15) is 4.79 Å². The Balaban J connectivity index is 2.49. The first-order valence-corrected chi connectivity index (χ1v) is 6.70. The Morgan fingerprint density at radius 2 is 1.94 bits per heavy atom. The highest BCUT2D eigenvalue weighted by Crippen LogP contribution is 2.37. The Hall–Kier alpha value is -0.570. The lowest BCUT2D eigenvalue weighted by molar-refractivity contribution is -0.124. The van der Waals surface area contributed by atoms with Crippen LogP contribution in [-0.4, -0.2) is 23.5 Å². The summed E-state index contributed by atoms with van der Waals surface area (Å²) in [7, 11) is 0. The molecular weight excluding hydrogens is 212 g/mol. The molecule has 2 N–H and O–H groups in total. The van der Waals surface area contributed by atoms with Gasteiger partial charge >= 0.3 is 0 Å². The molecule has 0 heterocycles. The van der Waals surface area contributed by atoms with Crippen molar-refractivity contribution in [3.05, 3.63) is 0 Å². The number of rotatable bonds is 3. The van der Waals surface area contributed by atoms with Gasteiger partial charge in [0, 0.05) is 11.6 Å². The van der Waals surface area contributed by atoms with Gasteiger partial charge in [0.1, 0.15) is 0 Å². The standard InChI is InChI=1S/C14H28N2O/c1-10(12(17)16-13(2,3)4)15-11-8-7-9-14(11,5)6/h10-11,15H,7-9H2,1-6H3,(H,16,17). The smallest absolute Gasteiger partial charge is 0.237 e. The molecule has 1 saturated carbocycles. The van der Waals surface area contributed by atoms with Crippen molar-refractivity contribution in [2.75, 3.05) is 0 Å². The van der Waals surface area contributed by atoms with E-state index in [2.05, 4.69) is 24.5 Å². The summed E-state index contributed by atoms with van der Waals surface area (Å²) in [6.45, 7) is 12.6. The molecule has 17 heavy (non-hydrogen) atoms. The molecule has 0 aliphatic heterocycles. The molecule has 0 bridgehead atoms. The molecule has 1 aliphatic rings. The molecule has 2 atom stereocenters. The molecule has 1 rings (SSSR count).